The lowest BCUT2D eigenvalue weighted by molar-refractivity contribution is 0.0942. The van der Waals surface area contributed by atoms with Gasteiger partial charge in [-0.1, -0.05) is 19.1 Å². The van der Waals surface area contributed by atoms with Gasteiger partial charge < -0.3 is 10.1 Å². The van der Waals surface area contributed by atoms with Crippen molar-refractivity contribution in [3.05, 3.63) is 29.8 Å². The molecule has 1 atom stereocenters. The van der Waals surface area contributed by atoms with Gasteiger partial charge in [-0.3, -0.25) is 4.79 Å². The molecule has 0 saturated heterocycles. The van der Waals surface area contributed by atoms with Gasteiger partial charge in [-0.05, 0) is 25.6 Å². The maximum Gasteiger partial charge on any atom is 0.183 e. The first-order chi connectivity index (χ1) is 7.24. The van der Waals surface area contributed by atoms with Crippen molar-refractivity contribution in [2.75, 3.05) is 14.2 Å². The molecule has 0 spiro atoms. The van der Waals surface area contributed by atoms with Crippen molar-refractivity contribution in [2.24, 2.45) is 0 Å². The highest BCUT2D eigenvalue weighted by Gasteiger charge is 2.19. The molecule has 0 saturated carbocycles. The van der Waals surface area contributed by atoms with Gasteiger partial charge in [0, 0.05) is 0 Å². The summed E-state index contributed by atoms with van der Waals surface area (Å²) in [5.74, 6) is 0.716. The summed E-state index contributed by atoms with van der Waals surface area (Å²) in [5.41, 5.74) is 0.640. The quantitative estimate of drug-likeness (QED) is 0.749. The van der Waals surface area contributed by atoms with Crippen molar-refractivity contribution in [1.29, 1.82) is 0 Å². The second kappa shape index (κ2) is 5.51. The lowest BCUT2D eigenvalue weighted by Crippen LogP contribution is -2.33. The third kappa shape index (κ3) is 2.57. The van der Waals surface area contributed by atoms with E-state index in [2.05, 4.69) is 5.32 Å². The van der Waals surface area contributed by atoms with E-state index in [1.807, 2.05) is 19.1 Å². The van der Waals surface area contributed by atoms with E-state index in [0.29, 0.717) is 11.3 Å². The topological polar surface area (TPSA) is 38.3 Å². The normalized spacial score (nSPS) is 12.2. The van der Waals surface area contributed by atoms with Gasteiger partial charge in [0.25, 0.3) is 0 Å². The van der Waals surface area contributed by atoms with Gasteiger partial charge in [-0.25, -0.2) is 0 Å². The molecule has 0 aliphatic heterocycles. The Kier molecular flexibility index (Phi) is 4.31. The molecule has 3 nitrogen and oxygen atoms in total. The molecular formula is C12H17NO2. The third-order valence-corrected chi connectivity index (χ3v) is 2.45. The fourth-order valence-corrected chi connectivity index (χ4v) is 1.56. The van der Waals surface area contributed by atoms with Gasteiger partial charge in [-0.2, -0.15) is 0 Å². The average Bonchev–Trinajstić information content (AvgIpc) is 2.30. The number of hydrogen-bond acceptors (Lipinski definition) is 3. The number of ketones is 1. The Morgan fingerprint density at radius 1 is 1.47 bits per heavy atom. The van der Waals surface area contributed by atoms with Crippen LogP contribution in [0.3, 0.4) is 0 Å². The standard InChI is InChI=1S/C12H17NO2/c1-4-10(13-2)12(14)9-7-5-6-8-11(9)15-3/h5-8,10,13H,4H2,1-3H3. The Bertz CT molecular complexity index is 332. The van der Waals surface area contributed by atoms with Gasteiger partial charge in [0.15, 0.2) is 5.78 Å². The smallest absolute Gasteiger partial charge is 0.183 e. The van der Waals surface area contributed by atoms with Crippen LogP contribution in [0.25, 0.3) is 0 Å². The Hall–Kier alpha value is -1.35. The minimum atomic E-state index is -0.138. The molecule has 3 heteroatoms. The number of para-hydroxylation sites is 1. The van der Waals surface area contributed by atoms with E-state index in [1.54, 1.807) is 26.3 Å². The van der Waals surface area contributed by atoms with Gasteiger partial charge in [0.05, 0.1) is 18.7 Å². The summed E-state index contributed by atoms with van der Waals surface area (Å²) in [7, 11) is 3.37. The molecule has 0 bridgehead atoms. The van der Waals surface area contributed by atoms with Crippen LogP contribution in [-0.4, -0.2) is 26.0 Å². The van der Waals surface area contributed by atoms with Crippen molar-refractivity contribution in [2.45, 2.75) is 19.4 Å². The lowest BCUT2D eigenvalue weighted by Gasteiger charge is -2.14. The molecule has 1 N–H and O–H groups in total. The predicted molar refractivity (Wildman–Crippen MR) is 60.5 cm³/mol. The van der Waals surface area contributed by atoms with Crippen LogP contribution in [0.15, 0.2) is 24.3 Å². The van der Waals surface area contributed by atoms with E-state index in [-0.39, 0.29) is 11.8 Å². The first kappa shape index (κ1) is 11.7. The van der Waals surface area contributed by atoms with E-state index in [9.17, 15) is 4.79 Å². The predicted octanol–water partition coefficient (Wildman–Crippen LogP) is 1.88. The van der Waals surface area contributed by atoms with Gasteiger partial charge in [-0.15, -0.1) is 0 Å². The lowest BCUT2D eigenvalue weighted by atomic mass is 10.0. The van der Waals surface area contributed by atoms with Crippen molar-refractivity contribution >= 4 is 5.78 Å². The second-order valence-corrected chi connectivity index (χ2v) is 3.31. The van der Waals surface area contributed by atoms with Crippen LogP contribution < -0.4 is 10.1 Å². The number of ether oxygens (including phenoxy) is 1. The fourth-order valence-electron chi connectivity index (χ4n) is 1.56. The minimum Gasteiger partial charge on any atom is -0.496 e. The molecule has 15 heavy (non-hydrogen) atoms. The Morgan fingerprint density at radius 2 is 2.13 bits per heavy atom. The van der Waals surface area contributed by atoms with Gasteiger partial charge >= 0.3 is 0 Å². The molecule has 82 valence electrons. The number of carbonyl (C=O) groups is 1. The molecule has 1 aromatic carbocycles. The van der Waals surface area contributed by atoms with Crippen LogP contribution in [0.5, 0.6) is 5.75 Å². The highest BCUT2D eigenvalue weighted by atomic mass is 16.5. The zero-order chi connectivity index (χ0) is 11.3. The van der Waals surface area contributed by atoms with E-state index >= 15 is 0 Å². The molecule has 1 aromatic rings. The monoisotopic (exact) mass is 207 g/mol. The number of carbonyl (C=O) groups excluding carboxylic acids is 1. The Balaban J connectivity index is 2.99. The molecule has 0 aromatic heterocycles. The number of methoxy groups -OCH3 is 1. The van der Waals surface area contributed by atoms with E-state index < -0.39 is 0 Å². The number of hydrogen-bond donors (Lipinski definition) is 1. The SMILES string of the molecule is CCC(NC)C(=O)c1ccccc1OC. The van der Waals surface area contributed by atoms with Crippen molar-refractivity contribution in [3.8, 4) is 5.75 Å². The van der Waals surface area contributed by atoms with Crippen LogP contribution >= 0.6 is 0 Å². The van der Waals surface area contributed by atoms with Crippen molar-refractivity contribution in [3.63, 3.8) is 0 Å². The van der Waals surface area contributed by atoms with Crippen LogP contribution in [-0.2, 0) is 0 Å². The molecule has 0 aliphatic rings. The summed E-state index contributed by atoms with van der Waals surface area (Å²) in [6.45, 7) is 1.98. The maximum absolute atomic E-state index is 12.0. The summed E-state index contributed by atoms with van der Waals surface area (Å²) < 4.78 is 5.16. The maximum atomic E-state index is 12.0. The van der Waals surface area contributed by atoms with Gasteiger partial charge in [0.2, 0.25) is 0 Å². The average molecular weight is 207 g/mol. The summed E-state index contributed by atoms with van der Waals surface area (Å²) in [6.07, 6.45) is 0.771. The second-order valence-electron chi connectivity index (χ2n) is 3.31. The number of rotatable bonds is 5. The number of Topliss-reactive ketones (excluding diaryl/α,β-unsaturated/α-hetero) is 1. The van der Waals surface area contributed by atoms with Crippen LogP contribution in [0.2, 0.25) is 0 Å². The molecule has 0 aliphatic carbocycles. The number of nitrogens with one attached hydrogen (secondary N) is 1. The number of benzene rings is 1. The fraction of sp³-hybridized carbons (Fsp3) is 0.417. The Morgan fingerprint density at radius 3 is 2.67 bits per heavy atom. The largest absolute Gasteiger partial charge is 0.496 e. The third-order valence-electron chi connectivity index (χ3n) is 2.45. The zero-order valence-electron chi connectivity index (χ0n) is 9.41. The molecular weight excluding hydrogens is 190 g/mol. The minimum absolute atomic E-state index is 0.0810. The van der Waals surface area contributed by atoms with Crippen LogP contribution in [0, 0.1) is 0 Å². The Labute approximate surface area is 90.4 Å². The zero-order valence-corrected chi connectivity index (χ0v) is 9.41. The van der Waals surface area contributed by atoms with Crippen molar-refractivity contribution < 1.29 is 9.53 Å². The first-order valence-corrected chi connectivity index (χ1v) is 5.09. The van der Waals surface area contributed by atoms with Crippen LogP contribution in [0.4, 0.5) is 0 Å². The molecule has 1 unspecified atom stereocenters. The highest BCUT2D eigenvalue weighted by Crippen LogP contribution is 2.19. The first-order valence-electron chi connectivity index (χ1n) is 5.09. The summed E-state index contributed by atoms with van der Waals surface area (Å²) in [4.78, 5) is 12.0. The number of likely N-dealkylation sites (N-methyl/N-ethyl adjacent to an activating group) is 1. The molecule has 0 heterocycles. The summed E-state index contributed by atoms with van der Waals surface area (Å²) >= 11 is 0. The molecule has 1 rings (SSSR count). The van der Waals surface area contributed by atoms with E-state index in [1.165, 1.54) is 0 Å². The molecule has 0 radical (unpaired) electrons. The van der Waals surface area contributed by atoms with Gasteiger partial charge in [0.1, 0.15) is 5.75 Å². The molecule has 0 amide bonds. The summed E-state index contributed by atoms with van der Waals surface area (Å²) in [6, 6.07) is 7.16. The van der Waals surface area contributed by atoms with E-state index in [4.69, 9.17) is 4.74 Å². The summed E-state index contributed by atoms with van der Waals surface area (Å²) in [5, 5.41) is 3.00. The molecule has 0 fully saturated rings. The highest BCUT2D eigenvalue weighted by molar-refractivity contribution is 6.02. The van der Waals surface area contributed by atoms with Crippen molar-refractivity contribution in [1.82, 2.24) is 5.32 Å². The van der Waals surface area contributed by atoms with Crippen LogP contribution in [0.1, 0.15) is 23.7 Å². The van der Waals surface area contributed by atoms with E-state index in [0.717, 1.165) is 6.42 Å².